The number of likely N-dealkylation sites (N-methyl/N-ethyl adjacent to an activating group) is 1. The van der Waals surface area contributed by atoms with Crippen LogP contribution in [0, 0.1) is 6.92 Å². The molecule has 150 valence electrons. The van der Waals surface area contributed by atoms with Crippen LogP contribution in [0.25, 0.3) is 0 Å². The lowest BCUT2D eigenvalue weighted by molar-refractivity contribution is -0.128. The van der Waals surface area contributed by atoms with Crippen molar-refractivity contribution >= 4 is 21.6 Å². The number of fused-ring (bicyclic) bond motifs is 1. The molecular formula is C20H24N2O5S. The maximum Gasteiger partial charge on any atom is 0.243 e. The van der Waals surface area contributed by atoms with E-state index in [0.717, 1.165) is 21.7 Å². The quantitative estimate of drug-likeness (QED) is 0.738. The standard InChI is InChI=1S/C20H24N2O5S/c1-15-4-6-16(7-5-15)13-21(2)20(23)14-22(28(3,24)25)17-8-9-18-19(12-17)27-11-10-26-18/h4-9,12H,10-11,13-14H2,1-3H3. The number of sulfonamides is 1. The van der Waals surface area contributed by atoms with E-state index in [0.29, 0.717) is 36.9 Å². The summed E-state index contributed by atoms with van der Waals surface area (Å²) in [6.45, 7) is 2.95. The molecule has 0 spiro atoms. The molecule has 0 saturated heterocycles. The fourth-order valence-corrected chi connectivity index (χ4v) is 3.73. The number of benzene rings is 2. The van der Waals surface area contributed by atoms with Gasteiger partial charge in [0.05, 0.1) is 11.9 Å². The topological polar surface area (TPSA) is 76.2 Å². The Morgan fingerprint density at radius 3 is 2.32 bits per heavy atom. The molecule has 7 nitrogen and oxygen atoms in total. The van der Waals surface area contributed by atoms with Crippen molar-refractivity contribution in [2.75, 3.05) is 37.4 Å². The van der Waals surface area contributed by atoms with Crippen LogP contribution in [0.2, 0.25) is 0 Å². The monoisotopic (exact) mass is 404 g/mol. The fourth-order valence-electron chi connectivity index (χ4n) is 2.89. The van der Waals surface area contributed by atoms with Gasteiger partial charge in [-0.1, -0.05) is 29.8 Å². The van der Waals surface area contributed by atoms with Crippen LogP contribution in [0.15, 0.2) is 42.5 Å². The fraction of sp³-hybridized carbons (Fsp3) is 0.350. The van der Waals surface area contributed by atoms with Gasteiger partial charge in [-0.3, -0.25) is 9.10 Å². The van der Waals surface area contributed by atoms with Gasteiger partial charge in [0.25, 0.3) is 0 Å². The van der Waals surface area contributed by atoms with Gasteiger partial charge < -0.3 is 14.4 Å². The SMILES string of the molecule is Cc1ccc(CN(C)C(=O)CN(c2ccc3c(c2)OCCO3)S(C)(=O)=O)cc1. The number of ether oxygens (including phenoxy) is 2. The first-order valence-corrected chi connectivity index (χ1v) is 10.8. The third-order valence-electron chi connectivity index (χ3n) is 4.46. The Morgan fingerprint density at radius 1 is 1.04 bits per heavy atom. The Balaban J connectivity index is 1.77. The van der Waals surface area contributed by atoms with E-state index in [1.165, 1.54) is 4.90 Å². The predicted molar refractivity (Wildman–Crippen MR) is 107 cm³/mol. The first kappa shape index (κ1) is 20.0. The third-order valence-corrected chi connectivity index (χ3v) is 5.60. The Kier molecular flexibility index (Phi) is 5.79. The number of amides is 1. The minimum absolute atomic E-state index is 0.291. The van der Waals surface area contributed by atoms with Gasteiger partial charge in [0, 0.05) is 19.7 Å². The maximum absolute atomic E-state index is 12.7. The van der Waals surface area contributed by atoms with E-state index in [4.69, 9.17) is 9.47 Å². The second-order valence-corrected chi connectivity index (χ2v) is 8.74. The largest absolute Gasteiger partial charge is 0.486 e. The van der Waals surface area contributed by atoms with Crippen molar-refractivity contribution in [3.63, 3.8) is 0 Å². The molecule has 1 aliphatic heterocycles. The molecule has 1 amide bonds. The molecule has 1 heterocycles. The summed E-state index contributed by atoms with van der Waals surface area (Å²) in [5, 5.41) is 0. The van der Waals surface area contributed by atoms with Crippen molar-refractivity contribution in [2.45, 2.75) is 13.5 Å². The molecule has 2 aromatic carbocycles. The van der Waals surface area contributed by atoms with Gasteiger partial charge >= 0.3 is 0 Å². The summed E-state index contributed by atoms with van der Waals surface area (Å²) >= 11 is 0. The van der Waals surface area contributed by atoms with Crippen LogP contribution < -0.4 is 13.8 Å². The van der Waals surface area contributed by atoms with E-state index in [1.807, 2.05) is 31.2 Å². The van der Waals surface area contributed by atoms with E-state index >= 15 is 0 Å². The highest BCUT2D eigenvalue weighted by Crippen LogP contribution is 2.34. The molecule has 0 atom stereocenters. The van der Waals surface area contributed by atoms with Gasteiger partial charge in [-0.25, -0.2) is 8.42 Å². The Bertz CT molecular complexity index is 957. The molecule has 0 radical (unpaired) electrons. The Morgan fingerprint density at radius 2 is 1.68 bits per heavy atom. The molecule has 1 aliphatic rings. The molecule has 0 unspecified atom stereocenters. The number of nitrogens with zero attached hydrogens (tertiary/aromatic N) is 2. The first-order valence-electron chi connectivity index (χ1n) is 8.91. The third kappa shape index (κ3) is 4.75. The number of carbonyl (C=O) groups is 1. The van der Waals surface area contributed by atoms with Gasteiger partial charge in [0.15, 0.2) is 11.5 Å². The van der Waals surface area contributed by atoms with Crippen LogP contribution >= 0.6 is 0 Å². The summed E-state index contributed by atoms with van der Waals surface area (Å²) in [6.07, 6.45) is 1.08. The van der Waals surface area contributed by atoms with Gasteiger partial charge in [-0.2, -0.15) is 0 Å². The van der Waals surface area contributed by atoms with Gasteiger partial charge in [0.2, 0.25) is 15.9 Å². The number of hydrogen-bond donors (Lipinski definition) is 0. The number of carbonyl (C=O) groups excluding carboxylic acids is 1. The van der Waals surface area contributed by atoms with Crippen LogP contribution in [0.3, 0.4) is 0 Å². The lowest BCUT2D eigenvalue weighted by Crippen LogP contribution is -2.41. The lowest BCUT2D eigenvalue weighted by atomic mass is 10.1. The van der Waals surface area contributed by atoms with Crippen LogP contribution in [-0.4, -0.2) is 52.3 Å². The van der Waals surface area contributed by atoms with Gasteiger partial charge in [-0.05, 0) is 24.6 Å². The zero-order chi connectivity index (χ0) is 20.3. The zero-order valence-corrected chi connectivity index (χ0v) is 17.0. The van der Waals surface area contributed by atoms with Crippen molar-refractivity contribution in [2.24, 2.45) is 0 Å². The first-order chi connectivity index (χ1) is 13.2. The normalized spacial score (nSPS) is 13.1. The maximum atomic E-state index is 12.7. The minimum Gasteiger partial charge on any atom is -0.486 e. The van der Waals surface area contributed by atoms with Gasteiger partial charge in [-0.15, -0.1) is 0 Å². The zero-order valence-electron chi connectivity index (χ0n) is 16.2. The highest BCUT2D eigenvalue weighted by atomic mass is 32.2. The minimum atomic E-state index is -3.66. The molecule has 0 bridgehead atoms. The van der Waals surface area contributed by atoms with Crippen LogP contribution in [0.4, 0.5) is 5.69 Å². The van der Waals surface area contributed by atoms with E-state index in [9.17, 15) is 13.2 Å². The molecule has 0 fully saturated rings. The molecule has 28 heavy (non-hydrogen) atoms. The van der Waals surface area contributed by atoms with E-state index in [-0.39, 0.29) is 12.5 Å². The smallest absolute Gasteiger partial charge is 0.243 e. The molecule has 2 aromatic rings. The van der Waals surface area contributed by atoms with Crippen molar-refractivity contribution in [3.05, 3.63) is 53.6 Å². The summed E-state index contributed by atoms with van der Waals surface area (Å²) in [5.74, 6) is 0.727. The Labute approximate surface area is 165 Å². The second-order valence-electron chi connectivity index (χ2n) is 6.83. The van der Waals surface area contributed by atoms with E-state index in [1.54, 1.807) is 25.2 Å². The molecule has 8 heteroatoms. The predicted octanol–water partition coefficient (Wildman–Crippen LogP) is 2.19. The van der Waals surface area contributed by atoms with Crippen molar-refractivity contribution in [1.29, 1.82) is 0 Å². The van der Waals surface area contributed by atoms with E-state index in [2.05, 4.69) is 0 Å². The van der Waals surface area contributed by atoms with Crippen LogP contribution in [0.1, 0.15) is 11.1 Å². The number of rotatable bonds is 6. The second kappa shape index (κ2) is 8.10. The van der Waals surface area contributed by atoms with E-state index < -0.39 is 10.0 Å². The van der Waals surface area contributed by atoms with Crippen LogP contribution in [-0.2, 0) is 21.4 Å². The number of anilines is 1. The highest BCUT2D eigenvalue weighted by molar-refractivity contribution is 7.92. The summed E-state index contributed by atoms with van der Waals surface area (Å²) in [6, 6.07) is 12.7. The highest BCUT2D eigenvalue weighted by Gasteiger charge is 2.24. The molecule has 3 rings (SSSR count). The molecular weight excluding hydrogens is 380 g/mol. The van der Waals surface area contributed by atoms with Gasteiger partial charge in [0.1, 0.15) is 19.8 Å². The Hall–Kier alpha value is -2.74. The van der Waals surface area contributed by atoms with Crippen molar-refractivity contribution in [1.82, 2.24) is 4.90 Å². The molecule has 0 aliphatic carbocycles. The molecule has 0 saturated carbocycles. The average Bonchev–Trinajstić information content (AvgIpc) is 2.66. The molecule has 0 N–H and O–H groups in total. The summed E-state index contributed by atoms with van der Waals surface area (Å²) < 4.78 is 36.8. The number of aryl methyl sites for hydroxylation is 1. The van der Waals surface area contributed by atoms with Crippen molar-refractivity contribution in [3.8, 4) is 11.5 Å². The summed E-state index contributed by atoms with van der Waals surface area (Å²) in [5.41, 5.74) is 2.48. The number of hydrogen-bond acceptors (Lipinski definition) is 5. The lowest BCUT2D eigenvalue weighted by Gasteiger charge is -2.26. The summed E-state index contributed by atoms with van der Waals surface area (Å²) in [7, 11) is -2.00. The van der Waals surface area contributed by atoms with Crippen LogP contribution in [0.5, 0.6) is 11.5 Å². The summed E-state index contributed by atoms with van der Waals surface area (Å²) in [4.78, 5) is 14.2. The van der Waals surface area contributed by atoms with Crippen molar-refractivity contribution < 1.29 is 22.7 Å². The molecule has 0 aromatic heterocycles. The average molecular weight is 404 g/mol.